The predicted octanol–water partition coefficient (Wildman–Crippen LogP) is 2.19. The van der Waals surface area contributed by atoms with Crippen LogP contribution in [0.4, 0.5) is 0 Å². The summed E-state index contributed by atoms with van der Waals surface area (Å²) in [6.07, 6.45) is 0.359. The summed E-state index contributed by atoms with van der Waals surface area (Å²) in [5.41, 5.74) is -0.128. The maximum Gasteiger partial charge on any atom is 0.333 e. The van der Waals surface area contributed by atoms with Crippen molar-refractivity contribution in [3.05, 3.63) is 55.1 Å². The van der Waals surface area contributed by atoms with Gasteiger partial charge in [0.15, 0.2) is 16.3 Å². The molecule has 0 saturated carbocycles. The molecular formula is C19H18BrN5O4S. The Morgan fingerprint density at radius 2 is 2.10 bits per heavy atom. The first kappa shape index (κ1) is 21.9. The SMILES string of the molecule is CCC(Sc1nc2c(c(=O)n(CC#N)c(=O)n2C)n1Cc1cccc(Br)c1)C(=O)O. The molecule has 2 heterocycles. The van der Waals surface area contributed by atoms with Crippen LogP contribution in [0.3, 0.4) is 0 Å². The third kappa shape index (κ3) is 4.06. The predicted molar refractivity (Wildman–Crippen MR) is 116 cm³/mol. The van der Waals surface area contributed by atoms with Gasteiger partial charge in [-0.1, -0.05) is 46.7 Å². The van der Waals surface area contributed by atoms with E-state index in [9.17, 15) is 19.5 Å². The quantitative estimate of drug-likeness (QED) is 0.502. The number of fused-ring (bicyclic) bond motifs is 1. The summed E-state index contributed by atoms with van der Waals surface area (Å²) in [5, 5.41) is 18.1. The van der Waals surface area contributed by atoms with Gasteiger partial charge in [-0.3, -0.25) is 14.2 Å². The number of nitriles is 1. The van der Waals surface area contributed by atoms with Gasteiger partial charge >= 0.3 is 11.7 Å². The number of nitrogens with zero attached hydrogens (tertiary/aromatic N) is 5. The minimum Gasteiger partial charge on any atom is -0.480 e. The van der Waals surface area contributed by atoms with Crippen molar-refractivity contribution in [2.75, 3.05) is 0 Å². The van der Waals surface area contributed by atoms with E-state index in [1.54, 1.807) is 11.5 Å². The molecule has 2 aromatic heterocycles. The lowest BCUT2D eigenvalue weighted by Crippen LogP contribution is -2.39. The van der Waals surface area contributed by atoms with E-state index >= 15 is 0 Å². The smallest absolute Gasteiger partial charge is 0.333 e. The number of aromatic nitrogens is 4. The van der Waals surface area contributed by atoms with Crippen LogP contribution in [0.1, 0.15) is 18.9 Å². The van der Waals surface area contributed by atoms with Crippen LogP contribution in [-0.2, 0) is 24.9 Å². The molecular weight excluding hydrogens is 474 g/mol. The van der Waals surface area contributed by atoms with Crippen LogP contribution in [-0.4, -0.2) is 35.0 Å². The number of hydrogen-bond donors (Lipinski definition) is 1. The van der Waals surface area contributed by atoms with Crippen molar-refractivity contribution in [2.24, 2.45) is 7.05 Å². The molecule has 1 aromatic carbocycles. The largest absolute Gasteiger partial charge is 0.480 e. The van der Waals surface area contributed by atoms with Crippen molar-refractivity contribution in [3.8, 4) is 6.07 Å². The highest BCUT2D eigenvalue weighted by Crippen LogP contribution is 2.28. The van der Waals surface area contributed by atoms with Gasteiger partial charge in [-0.05, 0) is 24.1 Å². The average molecular weight is 492 g/mol. The topological polar surface area (TPSA) is 123 Å². The van der Waals surface area contributed by atoms with E-state index in [0.29, 0.717) is 11.6 Å². The van der Waals surface area contributed by atoms with Crippen molar-refractivity contribution < 1.29 is 9.90 Å². The van der Waals surface area contributed by atoms with Gasteiger partial charge in [-0.25, -0.2) is 14.3 Å². The number of carbonyl (C=O) groups is 1. The number of imidazole rings is 1. The molecule has 30 heavy (non-hydrogen) atoms. The van der Waals surface area contributed by atoms with Crippen molar-refractivity contribution in [3.63, 3.8) is 0 Å². The fourth-order valence-electron chi connectivity index (χ4n) is 3.05. The zero-order valence-corrected chi connectivity index (χ0v) is 18.6. The molecule has 0 fully saturated rings. The number of halogens is 1. The minimum absolute atomic E-state index is 0.148. The Labute approximate surface area is 183 Å². The zero-order valence-electron chi connectivity index (χ0n) is 16.2. The molecule has 0 saturated heterocycles. The van der Waals surface area contributed by atoms with Crippen molar-refractivity contribution >= 4 is 44.8 Å². The molecule has 0 bridgehead atoms. The van der Waals surface area contributed by atoms with Crippen LogP contribution in [0.15, 0.2) is 43.5 Å². The van der Waals surface area contributed by atoms with Crippen LogP contribution in [0, 0.1) is 11.3 Å². The Bertz CT molecular complexity index is 1290. The number of carboxylic acids is 1. The van der Waals surface area contributed by atoms with E-state index in [1.165, 1.54) is 11.6 Å². The number of benzene rings is 1. The van der Waals surface area contributed by atoms with Crippen molar-refractivity contribution in [1.29, 1.82) is 5.26 Å². The number of rotatable bonds is 7. The fraction of sp³-hybridized carbons (Fsp3) is 0.316. The van der Waals surface area contributed by atoms with E-state index in [4.69, 9.17) is 5.26 Å². The fourth-order valence-corrected chi connectivity index (χ4v) is 4.44. The number of aryl methyl sites for hydroxylation is 1. The lowest BCUT2D eigenvalue weighted by Gasteiger charge is -2.12. The van der Waals surface area contributed by atoms with Gasteiger partial charge < -0.3 is 9.67 Å². The molecule has 0 aliphatic heterocycles. The number of carboxylic acid groups (broad SMARTS) is 1. The summed E-state index contributed by atoms with van der Waals surface area (Å²) in [6, 6.07) is 9.29. The second-order valence-corrected chi connectivity index (χ2v) is 8.61. The van der Waals surface area contributed by atoms with Gasteiger partial charge in [-0.15, -0.1) is 0 Å². The molecule has 156 valence electrons. The molecule has 0 radical (unpaired) electrons. The molecule has 3 aromatic rings. The number of aliphatic carboxylic acids is 1. The van der Waals surface area contributed by atoms with E-state index in [0.717, 1.165) is 26.4 Å². The van der Waals surface area contributed by atoms with Gasteiger partial charge in [0.2, 0.25) is 0 Å². The Morgan fingerprint density at radius 3 is 2.70 bits per heavy atom. The van der Waals surface area contributed by atoms with Gasteiger partial charge in [0.25, 0.3) is 5.56 Å². The second-order valence-electron chi connectivity index (χ2n) is 6.53. The first-order chi connectivity index (χ1) is 14.3. The number of thioether (sulfide) groups is 1. The lowest BCUT2D eigenvalue weighted by atomic mass is 10.2. The molecule has 9 nitrogen and oxygen atoms in total. The molecule has 0 aliphatic rings. The molecule has 11 heteroatoms. The van der Waals surface area contributed by atoms with Gasteiger partial charge in [0.05, 0.1) is 12.6 Å². The molecule has 3 rings (SSSR count). The highest BCUT2D eigenvalue weighted by atomic mass is 79.9. The summed E-state index contributed by atoms with van der Waals surface area (Å²) in [7, 11) is 1.47. The Kier molecular flexibility index (Phi) is 6.48. The average Bonchev–Trinajstić information content (AvgIpc) is 3.05. The Balaban J connectivity index is 2.31. The van der Waals surface area contributed by atoms with Crippen molar-refractivity contribution in [1.82, 2.24) is 18.7 Å². The Morgan fingerprint density at radius 1 is 1.37 bits per heavy atom. The third-order valence-electron chi connectivity index (χ3n) is 4.55. The molecule has 1 N–H and O–H groups in total. The molecule has 1 unspecified atom stereocenters. The van der Waals surface area contributed by atoms with Crippen LogP contribution in [0.2, 0.25) is 0 Å². The second kappa shape index (κ2) is 8.89. The minimum atomic E-state index is -0.987. The van der Waals surface area contributed by atoms with Gasteiger partial charge in [0.1, 0.15) is 11.8 Å². The third-order valence-corrected chi connectivity index (χ3v) is 6.39. The molecule has 0 aliphatic carbocycles. The molecule has 0 spiro atoms. The van der Waals surface area contributed by atoms with E-state index in [-0.39, 0.29) is 17.7 Å². The van der Waals surface area contributed by atoms with Crippen LogP contribution >= 0.6 is 27.7 Å². The monoisotopic (exact) mass is 491 g/mol. The van der Waals surface area contributed by atoms with Crippen LogP contribution in [0.25, 0.3) is 11.2 Å². The van der Waals surface area contributed by atoms with E-state index in [1.807, 2.05) is 30.3 Å². The molecule has 1 atom stereocenters. The summed E-state index contributed by atoms with van der Waals surface area (Å²) < 4.78 is 4.52. The highest BCUT2D eigenvalue weighted by molar-refractivity contribution is 9.10. The van der Waals surface area contributed by atoms with Crippen LogP contribution in [0.5, 0.6) is 0 Å². The maximum atomic E-state index is 13.1. The number of hydrogen-bond acceptors (Lipinski definition) is 6. The van der Waals surface area contributed by atoms with E-state index < -0.39 is 29.0 Å². The molecule has 0 amide bonds. The lowest BCUT2D eigenvalue weighted by molar-refractivity contribution is -0.136. The summed E-state index contributed by atoms with van der Waals surface area (Å²) in [6.45, 7) is 1.61. The summed E-state index contributed by atoms with van der Waals surface area (Å²) >= 11 is 4.44. The first-order valence-corrected chi connectivity index (χ1v) is 10.7. The highest BCUT2D eigenvalue weighted by Gasteiger charge is 2.25. The first-order valence-electron chi connectivity index (χ1n) is 8.99. The van der Waals surface area contributed by atoms with Gasteiger partial charge in [0, 0.05) is 11.5 Å². The van der Waals surface area contributed by atoms with E-state index in [2.05, 4.69) is 20.9 Å². The Hall–Kier alpha value is -2.84. The normalized spacial score (nSPS) is 12.1. The summed E-state index contributed by atoms with van der Waals surface area (Å²) in [4.78, 5) is 41.6. The zero-order chi connectivity index (χ0) is 22.0. The standard InChI is InChI=1S/C19H18BrN5O4S/c1-3-13(17(27)28)30-18-22-15-14(16(26)24(8-7-21)19(29)23(15)2)25(18)10-11-5-4-6-12(20)9-11/h4-6,9,13H,3,8,10H2,1-2H3,(H,27,28). The van der Waals surface area contributed by atoms with Crippen molar-refractivity contribution in [2.45, 2.75) is 36.8 Å². The summed E-state index contributed by atoms with van der Waals surface area (Å²) in [5.74, 6) is -0.987. The van der Waals surface area contributed by atoms with Crippen LogP contribution < -0.4 is 11.2 Å². The maximum absolute atomic E-state index is 13.1. The van der Waals surface area contributed by atoms with Gasteiger partial charge in [-0.2, -0.15) is 5.26 Å².